The Hall–Kier alpha value is -1.33. The summed E-state index contributed by atoms with van der Waals surface area (Å²) in [4.78, 5) is 6.52. The van der Waals surface area contributed by atoms with Gasteiger partial charge in [0.2, 0.25) is 0 Å². The molecule has 1 aliphatic rings. The first-order valence-corrected chi connectivity index (χ1v) is 6.37. The van der Waals surface area contributed by atoms with E-state index in [-0.39, 0.29) is 0 Å². The van der Waals surface area contributed by atoms with E-state index in [1.54, 1.807) is 13.3 Å². The van der Waals surface area contributed by atoms with E-state index in [1.807, 2.05) is 12.3 Å². The second-order valence-electron chi connectivity index (χ2n) is 4.54. The molecule has 0 saturated carbocycles. The molecule has 5 nitrogen and oxygen atoms in total. The van der Waals surface area contributed by atoms with Crippen LogP contribution in [0.4, 0.5) is 5.69 Å². The molecule has 0 aliphatic carbocycles. The summed E-state index contributed by atoms with van der Waals surface area (Å²) >= 11 is 0. The smallest absolute Gasteiger partial charge is 0.139 e. The molecule has 0 aromatic carbocycles. The van der Waals surface area contributed by atoms with Crippen molar-refractivity contribution in [2.45, 2.75) is 18.9 Å². The quantitative estimate of drug-likeness (QED) is 0.792. The fourth-order valence-electron chi connectivity index (χ4n) is 2.06. The van der Waals surface area contributed by atoms with Gasteiger partial charge in [-0.25, -0.2) is 0 Å². The number of rotatable bonds is 5. The molecule has 100 valence electrons. The molecule has 18 heavy (non-hydrogen) atoms. The highest BCUT2D eigenvalue weighted by Gasteiger charge is 2.16. The summed E-state index contributed by atoms with van der Waals surface area (Å²) in [6, 6.07) is 2.37. The lowest BCUT2D eigenvalue weighted by Crippen LogP contribution is -2.39. The van der Waals surface area contributed by atoms with Crippen LogP contribution >= 0.6 is 0 Å². The van der Waals surface area contributed by atoms with Gasteiger partial charge in [0.25, 0.3) is 0 Å². The van der Waals surface area contributed by atoms with E-state index < -0.39 is 0 Å². The fraction of sp³-hybridized carbons (Fsp3) is 0.615. The normalized spacial score (nSPS) is 16.9. The number of nitrogens with two attached hydrogens (primary N) is 1. The van der Waals surface area contributed by atoms with Gasteiger partial charge in [-0.3, -0.25) is 4.98 Å². The molecule has 2 rings (SSSR count). The van der Waals surface area contributed by atoms with Crippen molar-refractivity contribution >= 4 is 5.69 Å². The van der Waals surface area contributed by atoms with Crippen LogP contribution in [0, 0.1) is 0 Å². The van der Waals surface area contributed by atoms with Gasteiger partial charge in [0.1, 0.15) is 12.4 Å². The molecule has 1 fully saturated rings. The van der Waals surface area contributed by atoms with E-state index in [1.165, 1.54) is 0 Å². The summed E-state index contributed by atoms with van der Waals surface area (Å²) in [5.41, 5.74) is 7.01. The number of pyridine rings is 1. The largest absolute Gasteiger partial charge is 0.489 e. The van der Waals surface area contributed by atoms with Gasteiger partial charge in [-0.15, -0.1) is 0 Å². The summed E-state index contributed by atoms with van der Waals surface area (Å²) in [7, 11) is 1.66. The van der Waals surface area contributed by atoms with Gasteiger partial charge in [0, 0.05) is 32.3 Å². The minimum absolute atomic E-state index is 0.343. The van der Waals surface area contributed by atoms with Gasteiger partial charge in [0.15, 0.2) is 0 Å². The number of hydrogen-bond donors (Lipinski definition) is 1. The summed E-state index contributed by atoms with van der Waals surface area (Å²) in [6.45, 7) is 3.12. The topological polar surface area (TPSA) is 60.6 Å². The highest BCUT2D eigenvalue weighted by molar-refractivity contribution is 5.48. The van der Waals surface area contributed by atoms with Crippen molar-refractivity contribution in [3.63, 3.8) is 0 Å². The van der Waals surface area contributed by atoms with Crippen molar-refractivity contribution in [2.24, 2.45) is 5.73 Å². The van der Waals surface area contributed by atoms with Crippen LogP contribution in [0.3, 0.4) is 0 Å². The van der Waals surface area contributed by atoms with Crippen molar-refractivity contribution in [1.82, 2.24) is 4.98 Å². The number of anilines is 1. The van der Waals surface area contributed by atoms with Gasteiger partial charge >= 0.3 is 0 Å². The molecule has 0 atom stereocenters. The molecule has 2 N–H and O–H groups in total. The van der Waals surface area contributed by atoms with E-state index in [4.69, 9.17) is 15.2 Å². The van der Waals surface area contributed by atoms with Crippen LogP contribution in [0.1, 0.15) is 12.8 Å². The maximum atomic E-state index is 5.91. The first-order chi connectivity index (χ1) is 8.79. The van der Waals surface area contributed by atoms with Crippen LogP contribution in [0.2, 0.25) is 0 Å². The van der Waals surface area contributed by atoms with E-state index in [0.29, 0.717) is 19.3 Å². The number of hydrogen-bond acceptors (Lipinski definition) is 5. The number of aromatic nitrogens is 1. The van der Waals surface area contributed by atoms with E-state index >= 15 is 0 Å². The van der Waals surface area contributed by atoms with Gasteiger partial charge in [-0.2, -0.15) is 0 Å². The predicted octanol–water partition coefficient (Wildman–Crippen LogP) is 1.03. The zero-order valence-corrected chi connectivity index (χ0v) is 10.8. The Morgan fingerprint density at radius 2 is 2.11 bits per heavy atom. The summed E-state index contributed by atoms with van der Waals surface area (Å²) in [5, 5.41) is 0. The summed E-state index contributed by atoms with van der Waals surface area (Å²) in [5.74, 6) is 0.791. The number of methoxy groups -OCH3 is 1. The molecule has 1 aromatic heterocycles. The summed E-state index contributed by atoms with van der Waals surface area (Å²) in [6.07, 6.45) is 5.68. The Labute approximate surface area is 108 Å². The predicted molar refractivity (Wildman–Crippen MR) is 71.0 cm³/mol. The monoisotopic (exact) mass is 251 g/mol. The first-order valence-electron chi connectivity index (χ1n) is 6.37. The molecule has 1 saturated heterocycles. The maximum absolute atomic E-state index is 5.91. The number of ether oxygens (including phenoxy) is 2. The fourth-order valence-corrected chi connectivity index (χ4v) is 2.06. The van der Waals surface area contributed by atoms with Crippen molar-refractivity contribution in [3.8, 4) is 5.75 Å². The summed E-state index contributed by atoms with van der Waals surface area (Å²) < 4.78 is 10.5. The SMILES string of the molecule is COCCOc1cncc(N2CCC(N)CC2)c1. The van der Waals surface area contributed by atoms with Crippen LogP contribution in [0.5, 0.6) is 5.75 Å². The Balaban J connectivity index is 1.94. The molecule has 0 radical (unpaired) electrons. The molecule has 0 unspecified atom stereocenters. The lowest BCUT2D eigenvalue weighted by molar-refractivity contribution is 0.146. The highest BCUT2D eigenvalue weighted by atomic mass is 16.5. The second kappa shape index (κ2) is 6.56. The average molecular weight is 251 g/mol. The molecule has 0 bridgehead atoms. The van der Waals surface area contributed by atoms with E-state index in [9.17, 15) is 0 Å². The molecule has 2 heterocycles. The van der Waals surface area contributed by atoms with Crippen LogP contribution in [-0.2, 0) is 4.74 Å². The molecule has 1 aliphatic heterocycles. The molecule has 0 amide bonds. The molecule has 5 heteroatoms. The van der Waals surface area contributed by atoms with Crippen LogP contribution in [0.15, 0.2) is 18.5 Å². The molecular weight excluding hydrogens is 230 g/mol. The Bertz CT molecular complexity index is 365. The van der Waals surface area contributed by atoms with Gasteiger partial charge in [-0.05, 0) is 12.8 Å². The maximum Gasteiger partial charge on any atom is 0.139 e. The van der Waals surface area contributed by atoms with E-state index in [0.717, 1.165) is 37.4 Å². The zero-order chi connectivity index (χ0) is 12.8. The number of piperidine rings is 1. The lowest BCUT2D eigenvalue weighted by atomic mass is 10.1. The molecule has 1 aromatic rings. The molecule has 0 spiro atoms. The van der Waals surface area contributed by atoms with Crippen LogP contribution in [0.25, 0.3) is 0 Å². The molecular formula is C13H21N3O2. The van der Waals surface area contributed by atoms with Crippen molar-refractivity contribution < 1.29 is 9.47 Å². The van der Waals surface area contributed by atoms with E-state index in [2.05, 4.69) is 9.88 Å². The Morgan fingerprint density at radius 3 is 2.83 bits per heavy atom. The Morgan fingerprint density at radius 1 is 1.33 bits per heavy atom. The van der Waals surface area contributed by atoms with Gasteiger partial charge < -0.3 is 20.1 Å². The third-order valence-electron chi connectivity index (χ3n) is 3.16. The van der Waals surface area contributed by atoms with Crippen molar-refractivity contribution in [3.05, 3.63) is 18.5 Å². The van der Waals surface area contributed by atoms with Crippen molar-refractivity contribution in [2.75, 3.05) is 38.3 Å². The van der Waals surface area contributed by atoms with Crippen LogP contribution < -0.4 is 15.4 Å². The average Bonchev–Trinajstić information content (AvgIpc) is 2.40. The minimum Gasteiger partial charge on any atom is -0.489 e. The Kier molecular flexibility index (Phi) is 4.78. The van der Waals surface area contributed by atoms with Crippen molar-refractivity contribution in [1.29, 1.82) is 0 Å². The van der Waals surface area contributed by atoms with Gasteiger partial charge in [-0.1, -0.05) is 0 Å². The third-order valence-corrected chi connectivity index (χ3v) is 3.16. The lowest BCUT2D eigenvalue weighted by Gasteiger charge is -2.31. The standard InChI is InChI=1S/C13H21N3O2/c1-17-6-7-18-13-8-12(9-15-10-13)16-4-2-11(14)3-5-16/h8-11H,2-7,14H2,1H3. The number of nitrogens with zero attached hydrogens (tertiary/aromatic N) is 2. The van der Waals surface area contributed by atoms with Gasteiger partial charge in [0.05, 0.1) is 24.7 Å². The minimum atomic E-state index is 0.343. The first kappa shape index (κ1) is 13.1. The third kappa shape index (κ3) is 3.58. The second-order valence-corrected chi connectivity index (χ2v) is 4.54. The zero-order valence-electron chi connectivity index (χ0n) is 10.8. The van der Waals surface area contributed by atoms with Crippen LogP contribution in [-0.4, -0.2) is 44.4 Å². The highest BCUT2D eigenvalue weighted by Crippen LogP contribution is 2.22.